The van der Waals surface area contributed by atoms with Crippen molar-refractivity contribution < 1.29 is 19.2 Å². The highest BCUT2D eigenvalue weighted by Crippen LogP contribution is 2.36. The molecule has 7 nitrogen and oxygen atoms in total. The van der Waals surface area contributed by atoms with Crippen molar-refractivity contribution in [3.05, 3.63) is 42.0 Å². The Morgan fingerprint density at radius 3 is 2.24 bits per heavy atom. The van der Waals surface area contributed by atoms with Crippen LogP contribution in [0.3, 0.4) is 0 Å². The summed E-state index contributed by atoms with van der Waals surface area (Å²) in [5, 5.41) is 5.60. The number of hydrogen-bond acceptors (Lipinski definition) is 4. The molecule has 3 rings (SSSR count). The minimum absolute atomic E-state index is 0.00183. The number of nitrogens with one attached hydrogen (secondary N) is 2. The predicted octanol–water partition coefficient (Wildman–Crippen LogP) is 2.49. The Morgan fingerprint density at radius 1 is 1.07 bits per heavy atom. The average Bonchev–Trinajstić information content (AvgIpc) is 2.98. The first-order chi connectivity index (χ1) is 13.8. The third-order valence-electron chi connectivity index (χ3n) is 5.73. The Kier molecular flexibility index (Phi) is 6.15. The van der Waals surface area contributed by atoms with Crippen LogP contribution in [0.15, 0.2) is 36.4 Å². The molecule has 7 heteroatoms. The van der Waals surface area contributed by atoms with E-state index >= 15 is 0 Å². The largest absolute Gasteiger partial charge is 0.350 e. The number of anilines is 1. The van der Waals surface area contributed by atoms with Gasteiger partial charge in [0, 0.05) is 6.04 Å². The molecule has 4 atom stereocenters. The summed E-state index contributed by atoms with van der Waals surface area (Å²) in [6.07, 6.45) is 5.66. The lowest BCUT2D eigenvalue weighted by atomic mass is 9.85. The molecule has 1 aliphatic heterocycles. The Hall–Kier alpha value is -2.96. The molecule has 1 aromatic carbocycles. The van der Waals surface area contributed by atoms with E-state index in [-0.39, 0.29) is 35.6 Å². The van der Waals surface area contributed by atoms with Gasteiger partial charge in [-0.2, -0.15) is 0 Å². The predicted molar refractivity (Wildman–Crippen MR) is 109 cm³/mol. The van der Waals surface area contributed by atoms with Crippen LogP contribution in [-0.4, -0.2) is 40.6 Å². The molecule has 1 heterocycles. The van der Waals surface area contributed by atoms with Gasteiger partial charge in [0.25, 0.3) is 5.91 Å². The van der Waals surface area contributed by atoms with Crippen molar-refractivity contribution in [2.24, 2.45) is 11.8 Å². The third kappa shape index (κ3) is 4.09. The first-order valence-corrected chi connectivity index (χ1v) is 10.1. The van der Waals surface area contributed by atoms with Crippen LogP contribution in [0.4, 0.5) is 5.69 Å². The summed E-state index contributed by atoms with van der Waals surface area (Å²) in [5.74, 6) is -2.13. The van der Waals surface area contributed by atoms with Gasteiger partial charge < -0.3 is 10.6 Å². The summed E-state index contributed by atoms with van der Waals surface area (Å²) < 4.78 is 0. The number of likely N-dealkylation sites (tertiary alicyclic amines) is 1. The van der Waals surface area contributed by atoms with Gasteiger partial charge in [0.05, 0.1) is 23.1 Å². The summed E-state index contributed by atoms with van der Waals surface area (Å²) >= 11 is 0. The SMILES string of the molecule is CCC(C)NC(=O)c1ccccc1NC(=O)[C@H](C)N1C(=O)C2CC=CCC2C1=O. The molecule has 29 heavy (non-hydrogen) atoms. The number of para-hydroxylation sites is 1. The van der Waals surface area contributed by atoms with Gasteiger partial charge in [-0.05, 0) is 45.2 Å². The molecule has 1 aliphatic carbocycles. The van der Waals surface area contributed by atoms with Crippen LogP contribution in [0, 0.1) is 11.8 Å². The Balaban J connectivity index is 1.75. The molecule has 154 valence electrons. The highest BCUT2D eigenvalue weighted by Gasteiger charge is 2.50. The maximum atomic E-state index is 12.8. The van der Waals surface area contributed by atoms with E-state index in [1.807, 2.05) is 26.0 Å². The number of rotatable bonds is 6. The normalized spacial score (nSPS) is 22.8. The van der Waals surface area contributed by atoms with E-state index in [0.29, 0.717) is 24.1 Å². The van der Waals surface area contributed by atoms with Gasteiger partial charge in [0.15, 0.2) is 0 Å². The van der Waals surface area contributed by atoms with Crippen molar-refractivity contribution in [2.75, 3.05) is 5.32 Å². The van der Waals surface area contributed by atoms with Crippen LogP contribution >= 0.6 is 0 Å². The number of benzene rings is 1. The number of fused-ring (bicyclic) bond motifs is 1. The lowest BCUT2D eigenvalue weighted by Gasteiger charge is -2.23. The molecule has 1 saturated heterocycles. The third-order valence-corrected chi connectivity index (χ3v) is 5.73. The fourth-order valence-electron chi connectivity index (χ4n) is 3.76. The molecule has 2 N–H and O–H groups in total. The van der Waals surface area contributed by atoms with Crippen molar-refractivity contribution in [3.8, 4) is 0 Å². The number of nitrogens with zero attached hydrogens (tertiary/aromatic N) is 1. The van der Waals surface area contributed by atoms with Crippen LogP contribution in [0.25, 0.3) is 0 Å². The van der Waals surface area contributed by atoms with Gasteiger partial charge in [-0.3, -0.25) is 24.1 Å². The summed E-state index contributed by atoms with van der Waals surface area (Å²) in [4.78, 5) is 51.9. The number of carbonyl (C=O) groups is 4. The second-order valence-corrected chi connectivity index (χ2v) is 7.70. The van der Waals surface area contributed by atoms with E-state index in [0.717, 1.165) is 11.3 Å². The minimum Gasteiger partial charge on any atom is -0.350 e. The molecule has 0 bridgehead atoms. The molecule has 0 spiro atoms. The lowest BCUT2D eigenvalue weighted by molar-refractivity contribution is -0.146. The fourth-order valence-corrected chi connectivity index (χ4v) is 3.76. The topological polar surface area (TPSA) is 95.6 Å². The number of amides is 4. The van der Waals surface area contributed by atoms with Crippen LogP contribution in [0.1, 0.15) is 50.4 Å². The van der Waals surface area contributed by atoms with Gasteiger partial charge in [-0.1, -0.05) is 31.2 Å². The molecule has 0 aromatic heterocycles. The Morgan fingerprint density at radius 2 is 1.66 bits per heavy atom. The first-order valence-electron chi connectivity index (χ1n) is 10.1. The average molecular weight is 397 g/mol. The molecule has 2 aliphatic rings. The first kappa shape index (κ1) is 20.8. The smallest absolute Gasteiger partial charge is 0.253 e. The molecule has 1 aromatic rings. The maximum absolute atomic E-state index is 12.8. The molecule has 0 saturated carbocycles. The molecule has 3 unspecified atom stereocenters. The molecule has 0 radical (unpaired) electrons. The quantitative estimate of drug-likeness (QED) is 0.569. The summed E-state index contributed by atoms with van der Waals surface area (Å²) in [6.45, 7) is 5.41. The van der Waals surface area contributed by atoms with Crippen molar-refractivity contribution in [1.29, 1.82) is 0 Å². The molecule has 4 amide bonds. The van der Waals surface area contributed by atoms with Crippen molar-refractivity contribution >= 4 is 29.3 Å². The van der Waals surface area contributed by atoms with E-state index in [9.17, 15) is 19.2 Å². The monoisotopic (exact) mass is 397 g/mol. The van der Waals surface area contributed by atoms with Crippen molar-refractivity contribution in [1.82, 2.24) is 10.2 Å². The van der Waals surface area contributed by atoms with E-state index in [1.165, 1.54) is 6.92 Å². The molecular weight excluding hydrogens is 370 g/mol. The summed E-state index contributed by atoms with van der Waals surface area (Å²) in [7, 11) is 0. The van der Waals surface area contributed by atoms with Gasteiger partial charge in [0.2, 0.25) is 17.7 Å². The van der Waals surface area contributed by atoms with Gasteiger partial charge in [-0.25, -0.2) is 0 Å². The second-order valence-electron chi connectivity index (χ2n) is 7.70. The maximum Gasteiger partial charge on any atom is 0.253 e. The zero-order chi connectivity index (χ0) is 21.1. The Labute approximate surface area is 170 Å². The van der Waals surface area contributed by atoms with Crippen LogP contribution in [-0.2, 0) is 14.4 Å². The van der Waals surface area contributed by atoms with E-state index in [2.05, 4.69) is 10.6 Å². The fraction of sp³-hybridized carbons (Fsp3) is 0.455. The van der Waals surface area contributed by atoms with Crippen LogP contribution in [0.5, 0.6) is 0 Å². The minimum atomic E-state index is -0.953. The second kappa shape index (κ2) is 8.59. The highest BCUT2D eigenvalue weighted by molar-refractivity contribution is 6.11. The van der Waals surface area contributed by atoms with Gasteiger partial charge >= 0.3 is 0 Å². The summed E-state index contributed by atoms with van der Waals surface area (Å²) in [6, 6.07) is 5.74. The van der Waals surface area contributed by atoms with Crippen LogP contribution < -0.4 is 10.6 Å². The van der Waals surface area contributed by atoms with E-state index in [1.54, 1.807) is 24.3 Å². The number of imide groups is 1. The van der Waals surface area contributed by atoms with Crippen molar-refractivity contribution in [3.63, 3.8) is 0 Å². The number of allylic oxidation sites excluding steroid dienone is 2. The zero-order valence-electron chi connectivity index (χ0n) is 17.0. The standard InChI is InChI=1S/C22H27N3O4/c1-4-13(2)23-20(27)17-11-7-8-12-18(17)24-19(26)14(3)25-21(28)15-9-5-6-10-16(15)22(25)29/h5-8,11-16H,4,9-10H2,1-3H3,(H,23,27)(H,24,26)/t13?,14-,15?,16?/m0/s1. The van der Waals surface area contributed by atoms with E-state index < -0.39 is 11.9 Å². The lowest BCUT2D eigenvalue weighted by Crippen LogP contribution is -2.46. The van der Waals surface area contributed by atoms with Gasteiger partial charge in [-0.15, -0.1) is 0 Å². The number of carbonyl (C=O) groups excluding carboxylic acids is 4. The molecular formula is C22H27N3O4. The highest BCUT2D eigenvalue weighted by atomic mass is 16.2. The Bertz CT molecular complexity index is 837. The molecule has 1 fully saturated rings. The van der Waals surface area contributed by atoms with Crippen molar-refractivity contribution in [2.45, 2.75) is 52.1 Å². The number of hydrogen-bond donors (Lipinski definition) is 2. The zero-order valence-corrected chi connectivity index (χ0v) is 17.0. The van der Waals surface area contributed by atoms with Gasteiger partial charge in [0.1, 0.15) is 6.04 Å². The van der Waals surface area contributed by atoms with Crippen LogP contribution in [0.2, 0.25) is 0 Å². The summed E-state index contributed by atoms with van der Waals surface area (Å²) in [5.41, 5.74) is 0.689. The van der Waals surface area contributed by atoms with E-state index in [4.69, 9.17) is 0 Å².